The highest BCUT2D eigenvalue weighted by Crippen LogP contribution is 2.28. The molecule has 0 saturated heterocycles. The van der Waals surface area contributed by atoms with Crippen molar-refractivity contribution in [2.24, 2.45) is 0 Å². The van der Waals surface area contributed by atoms with Crippen LogP contribution in [-0.2, 0) is 0 Å². The highest BCUT2D eigenvalue weighted by molar-refractivity contribution is 5.87. The van der Waals surface area contributed by atoms with Gasteiger partial charge in [0, 0.05) is 5.92 Å². The first kappa shape index (κ1) is 11.8. The van der Waals surface area contributed by atoms with E-state index in [9.17, 15) is 0 Å². The molecule has 3 nitrogen and oxygen atoms in total. The fourth-order valence-electron chi connectivity index (χ4n) is 2.51. The zero-order chi connectivity index (χ0) is 13.2. The molecule has 1 aromatic heterocycles. The number of fused-ring (bicyclic) bond motifs is 1. The summed E-state index contributed by atoms with van der Waals surface area (Å²) in [6.07, 6.45) is 1.00. The van der Waals surface area contributed by atoms with Crippen molar-refractivity contribution in [3.63, 3.8) is 0 Å². The first-order valence-corrected chi connectivity index (χ1v) is 6.58. The fraction of sp³-hybridized carbons (Fsp3) is 0.188. The molecule has 0 amide bonds. The van der Waals surface area contributed by atoms with Crippen molar-refractivity contribution in [3.05, 3.63) is 59.9 Å². The van der Waals surface area contributed by atoms with Gasteiger partial charge in [-0.25, -0.2) is 4.98 Å². The maximum absolute atomic E-state index is 5.97. The van der Waals surface area contributed by atoms with Gasteiger partial charge in [-0.3, -0.25) is 0 Å². The van der Waals surface area contributed by atoms with Gasteiger partial charge < -0.3 is 10.7 Å². The molecule has 0 aliphatic rings. The Balaban J connectivity index is 2.09. The zero-order valence-electron chi connectivity index (χ0n) is 10.9. The van der Waals surface area contributed by atoms with Crippen molar-refractivity contribution >= 4 is 16.7 Å². The van der Waals surface area contributed by atoms with E-state index in [-0.39, 0.29) is 5.92 Å². The second-order valence-corrected chi connectivity index (χ2v) is 4.74. The van der Waals surface area contributed by atoms with Crippen LogP contribution < -0.4 is 5.73 Å². The van der Waals surface area contributed by atoms with Crippen molar-refractivity contribution < 1.29 is 0 Å². The molecule has 0 fully saturated rings. The molecule has 1 atom stereocenters. The standard InChI is InChI=1S/C16H17N3/c1-2-12(11-7-4-3-5-8-11)16-18-14-10-6-9-13(17)15(14)19-16/h3-10,12H,2,17H2,1H3,(H,18,19). The van der Waals surface area contributed by atoms with E-state index in [1.165, 1.54) is 5.56 Å². The molecule has 0 radical (unpaired) electrons. The molecule has 0 aliphatic carbocycles. The van der Waals surface area contributed by atoms with Gasteiger partial charge in [-0.2, -0.15) is 0 Å². The van der Waals surface area contributed by atoms with Gasteiger partial charge in [0.1, 0.15) is 11.3 Å². The molecule has 0 bridgehead atoms. The Morgan fingerprint density at radius 2 is 1.89 bits per heavy atom. The summed E-state index contributed by atoms with van der Waals surface area (Å²) in [6, 6.07) is 16.3. The minimum Gasteiger partial charge on any atom is -0.397 e. The quantitative estimate of drug-likeness (QED) is 0.697. The maximum atomic E-state index is 5.97. The van der Waals surface area contributed by atoms with Gasteiger partial charge in [0.15, 0.2) is 0 Å². The van der Waals surface area contributed by atoms with Crippen molar-refractivity contribution in [2.75, 3.05) is 5.73 Å². The number of para-hydroxylation sites is 1. The molecule has 3 N–H and O–H groups in total. The predicted molar refractivity (Wildman–Crippen MR) is 79.1 cm³/mol. The summed E-state index contributed by atoms with van der Waals surface area (Å²) < 4.78 is 0. The summed E-state index contributed by atoms with van der Waals surface area (Å²) in [5, 5.41) is 0. The molecule has 3 rings (SSSR count). The molecule has 96 valence electrons. The number of imidazole rings is 1. The molecule has 0 aliphatic heterocycles. The molecule has 1 heterocycles. The summed E-state index contributed by atoms with van der Waals surface area (Å²) in [5.74, 6) is 1.27. The van der Waals surface area contributed by atoms with Gasteiger partial charge in [0.2, 0.25) is 0 Å². The van der Waals surface area contributed by atoms with E-state index in [1.807, 2.05) is 24.3 Å². The van der Waals surface area contributed by atoms with Gasteiger partial charge >= 0.3 is 0 Å². The van der Waals surface area contributed by atoms with Crippen molar-refractivity contribution in [1.82, 2.24) is 9.97 Å². The number of nitrogens with zero attached hydrogens (tertiary/aromatic N) is 1. The molecule has 2 aromatic carbocycles. The van der Waals surface area contributed by atoms with Gasteiger partial charge in [0.25, 0.3) is 0 Å². The Hall–Kier alpha value is -2.29. The lowest BCUT2D eigenvalue weighted by molar-refractivity contribution is 0.732. The Bertz CT molecular complexity index is 686. The highest BCUT2D eigenvalue weighted by Gasteiger charge is 2.16. The highest BCUT2D eigenvalue weighted by atomic mass is 14.9. The molecule has 1 unspecified atom stereocenters. The van der Waals surface area contributed by atoms with Crippen LogP contribution in [0.25, 0.3) is 11.0 Å². The third-order valence-electron chi connectivity index (χ3n) is 3.50. The minimum absolute atomic E-state index is 0.285. The van der Waals surface area contributed by atoms with Crippen LogP contribution in [0.1, 0.15) is 30.7 Å². The predicted octanol–water partition coefficient (Wildman–Crippen LogP) is 3.69. The van der Waals surface area contributed by atoms with E-state index < -0.39 is 0 Å². The van der Waals surface area contributed by atoms with Crippen molar-refractivity contribution in [2.45, 2.75) is 19.3 Å². The monoisotopic (exact) mass is 251 g/mol. The van der Waals surface area contributed by atoms with Crippen LogP contribution in [0, 0.1) is 0 Å². The summed E-state index contributed by atoms with van der Waals surface area (Å²) >= 11 is 0. The lowest BCUT2D eigenvalue weighted by Gasteiger charge is -2.12. The van der Waals surface area contributed by atoms with Crippen molar-refractivity contribution in [3.8, 4) is 0 Å². The number of aromatic nitrogens is 2. The fourth-order valence-corrected chi connectivity index (χ4v) is 2.51. The largest absolute Gasteiger partial charge is 0.397 e. The van der Waals surface area contributed by atoms with Crippen LogP contribution in [0.4, 0.5) is 5.69 Å². The number of nitrogens with one attached hydrogen (secondary N) is 1. The van der Waals surface area contributed by atoms with Crippen molar-refractivity contribution in [1.29, 1.82) is 0 Å². The summed E-state index contributed by atoms with van der Waals surface area (Å²) in [7, 11) is 0. The second kappa shape index (κ2) is 4.76. The lowest BCUT2D eigenvalue weighted by Crippen LogP contribution is -2.01. The number of aromatic amines is 1. The summed E-state index contributed by atoms with van der Waals surface area (Å²) in [6.45, 7) is 2.17. The van der Waals surface area contributed by atoms with E-state index in [0.717, 1.165) is 29.0 Å². The minimum atomic E-state index is 0.285. The third-order valence-corrected chi connectivity index (χ3v) is 3.50. The number of hydrogen-bond donors (Lipinski definition) is 2. The van der Waals surface area contributed by atoms with Gasteiger partial charge in [-0.15, -0.1) is 0 Å². The SMILES string of the molecule is CCC(c1ccccc1)c1nc2c(N)cccc2[nH]1. The number of nitrogen functional groups attached to an aromatic ring is 1. The third kappa shape index (κ3) is 2.08. The average molecular weight is 251 g/mol. The van der Waals surface area contributed by atoms with Gasteiger partial charge in [-0.05, 0) is 24.1 Å². The van der Waals surface area contributed by atoms with Crippen LogP contribution in [-0.4, -0.2) is 9.97 Å². The molecule has 0 spiro atoms. The second-order valence-electron chi connectivity index (χ2n) is 4.74. The van der Waals surface area contributed by atoms with E-state index in [4.69, 9.17) is 5.73 Å². The first-order valence-electron chi connectivity index (χ1n) is 6.58. The Morgan fingerprint density at radius 1 is 1.11 bits per heavy atom. The average Bonchev–Trinajstić information content (AvgIpc) is 2.86. The molecular weight excluding hydrogens is 234 g/mol. The van der Waals surface area contributed by atoms with Crippen LogP contribution in [0.15, 0.2) is 48.5 Å². The molecule has 3 heteroatoms. The van der Waals surface area contributed by atoms with Gasteiger partial charge in [-0.1, -0.05) is 43.3 Å². The number of rotatable bonds is 3. The molecular formula is C16H17N3. The number of H-pyrrole nitrogens is 1. The number of hydrogen-bond acceptors (Lipinski definition) is 2. The first-order chi connectivity index (χ1) is 9.29. The molecule has 19 heavy (non-hydrogen) atoms. The normalized spacial score (nSPS) is 12.7. The Kier molecular flexibility index (Phi) is 2.95. The van der Waals surface area contributed by atoms with Crippen LogP contribution in [0.3, 0.4) is 0 Å². The molecule has 0 saturated carbocycles. The van der Waals surface area contributed by atoms with E-state index >= 15 is 0 Å². The van der Waals surface area contributed by atoms with E-state index in [2.05, 4.69) is 41.2 Å². The number of anilines is 1. The van der Waals surface area contributed by atoms with Crippen LogP contribution in [0.2, 0.25) is 0 Å². The van der Waals surface area contributed by atoms with E-state index in [0.29, 0.717) is 0 Å². The smallest absolute Gasteiger partial charge is 0.114 e. The maximum Gasteiger partial charge on any atom is 0.114 e. The zero-order valence-corrected chi connectivity index (χ0v) is 10.9. The summed E-state index contributed by atoms with van der Waals surface area (Å²) in [5.41, 5.74) is 9.84. The van der Waals surface area contributed by atoms with Gasteiger partial charge in [0.05, 0.1) is 11.2 Å². The number of benzene rings is 2. The molecule has 3 aromatic rings. The number of nitrogens with two attached hydrogens (primary N) is 1. The van der Waals surface area contributed by atoms with Crippen LogP contribution >= 0.6 is 0 Å². The Labute approximate surface area is 112 Å². The lowest BCUT2D eigenvalue weighted by atomic mass is 9.96. The van der Waals surface area contributed by atoms with E-state index in [1.54, 1.807) is 0 Å². The Morgan fingerprint density at radius 3 is 2.58 bits per heavy atom. The topological polar surface area (TPSA) is 54.7 Å². The summed E-state index contributed by atoms with van der Waals surface area (Å²) in [4.78, 5) is 8.07. The van der Waals surface area contributed by atoms with Crippen LogP contribution in [0.5, 0.6) is 0 Å².